The van der Waals surface area contributed by atoms with Gasteiger partial charge in [-0.15, -0.1) is 0 Å². The quantitative estimate of drug-likeness (QED) is 0.365. The zero-order valence-corrected chi connectivity index (χ0v) is 20.1. The molecule has 0 radical (unpaired) electrons. The number of methoxy groups -OCH3 is 4. The summed E-state index contributed by atoms with van der Waals surface area (Å²) in [5, 5.41) is 0. The minimum absolute atomic E-state index is 0.0299. The number of carbonyl (C=O) groups is 2. The normalized spacial score (nSPS) is 16.3. The molecule has 0 fully saturated rings. The predicted molar refractivity (Wildman–Crippen MR) is 128 cm³/mol. The second-order valence-electron chi connectivity index (χ2n) is 8.05. The first-order valence-electron chi connectivity index (χ1n) is 11.1. The van der Waals surface area contributed by atoms with Gasteiger partial charge in [0.1, 0.15) is 11.5 Å². The third kappa shape index (κ3) is 3.69. The van der Waals surface area contributed by atoms with E-state index in [4.69, 9.17) is 28.4 Å². The Morgan fingerprint density at radius 1 is 1.00 bits per heavy atom. The number of rotatable bonds is 6. The van der Waals surface area contributed by atoms with Crippen LogP contribution in [0.5, 0.6) is 34.6 Å². The lowest BCUT2D eigenvalue weighted by Gasteiger charge is -2.27. The summed E-state index contributed by atoms with van der Waals surface area (Å²) in [6.07, 6.45) is 3.23. The average Bonchev–Trinajstić information content (AvgIpc) is 3.22. The molecule has 2 aromatic carbocycles. The molecule has 9 heteroatoms. The molecule has 184 valence electrons. The van der Waals surface area contributed by atoms with Crippen molar-refractivity contribution >= 4 is 17.8 Å². The largest absolute Gasteiger partial charge is 0.493 e. The Labute approximate surface area is 207 Å². The van der Waals surface area contributed by atoms with E-state index in [1.54, 1.807) is 42.6 Å². The van der Waals surface area contributed by atoms with Crippen molar-refractivity contribution in [1.29, 1.82) is 0 Å². The van der Waals surface area contributed by atoms with E-state index in [0.29, 0.717) is 56.9 Å². The van der Waals surface area contributed by atoms with Crippen LogP contribution in [0.2, 0.25) is 0 Å². The van der Waals surface area contributed by atoms with Gasteiger partial charge in [-0.05, 0) is 36.4 Å². The van der Waals surface area contributed by atoms with Crippen LogP contribution in [0.4, 0.5) is 0 Å². The molecule has 1 atom stereocenters. The first kappa shape index (κ1) is 23.2. The number of ether oxygens (including phenoxy) is 6. The Morgan fingerprint density at radius 2 is 1.81 bits per heavy atom. The van der Waals surface area contributed by atoms with E-state index in [0.717, 1.165) is 0 Å². The zero-order valence-electron chi connectivity index (χ0n) is 20.1. The van der Waals surface area contributed by atoms with Crippen molar-refractivity contribution in [2.75, 3.05) is 28.4 Å². The van der Waals surface area contributed by atoms with Crippen LogP contribution in [0.25, 0.3) is 6.08 Å². The van der Waals surface area contributed by atoms with Crippen LogP contribution < -0.4 is 23.7 Å². The van der Waals surface area contributed by atoms with Crippen LogP contribution in [-0.2, 0) is 9.53 Å². The van der Waals surface area contributed by atoms with Gasteiger partial charge in [-0.25, -0.2) is 4.98 Å². The minimum atomic E-state index is -0.470. The van der Waals surface area contributed by atoms with Gasteiger partial charge in [0, 0.05) is 28.8 Å². The monoisotopic (exact) mass is 489 g/mol. The fourth-order valence-corrected chi connectivity index (χ4v) is 4.53. The van der Waals surface area contributed by atoms with Crippen LogP contribution in [0.3, 0.4) is 0 Å². The van der Waals surface area contributed by atoms with Crippen LogP contribution >= 0.6 is 0 Å². The van der Waals surface area contributed by atoms with Gasteiger partial charge in [-0.3, -0.25) is 9.59 Å². The topological polar surface area (TPSA) is 102 Å². The molecule has 36 heavy (non-hydrogen) atoms. The number of benzene rings is 2. The average molecular weight is 489 g/mol. The number of aromatic nitrogens is 1. The maximum absolute atomic E-state index is 13.4. The zero-order chi connectivity index (χ0) is 25.4. The summed E-state index contributed by atoms with van der Waals surface area (Å²) >= 11 is 0. The van der Waals surface area contributed by atoms with Crippen molar-refractivity contribution < 1.29 is 38.0 Å². The first-order valence-corrected chi connectivity index (χ1v) is 11.1. The molecule has 2 aliphatic heterocycles. The van der Waals surface area contributed by atoms with E-state index in [9.17, 15) is 9.59 Å². The van der Waals surface area contributed by atoms with Gasteiger partial charge in [0.2, 0.25) is 17.4 Å². The Morgan fingerprint density at radius 3 is 2.53 bits per heavy atom. The van der Waals surface area contributed by atoms with Crippen LogP contribution in [0.1, 0.15) is 39.4 Å². The number of nitrogens with zero attached hydrogens (tertiary/aromatic N) is 1. The summed E-state index contributed by atoms with van der Waals surface area (Å²) in [4.78, 5) is 30.0. The summed E-state index contributed by atoms with van der Waals surface area (Å²) in [5.74, 6) is 1.39. The molecule has 0 saturated carbocycles. The molecule has 0 saturated heterocycles. The van der Waals surface area contributed by atoms with Gasteiger partial charge >= 0.3 is 5.97 Å². The standard InChI is InChI=1S/C27H23NO8/c1-31-19-9-7-14(24(33-3)26(19)34-4)12-20-23(30)16-8-10-18-22(25(16)35-20)17(13-21(29)32-2)15-6-5-11-28-27(15)36-18/h5-12,17H,13H2,1-4H3/b20-12-/t17-/m0/s1. The Balaban J connectivity index is 1.61. The number of pyridine rings is 1. The molecular weight excluding hydrogens is 466 g/mol. The lowest BCUT2D eigenvalue weighted by molar-refractivity contribution is -0.140. The molecule has 2 aliphatic rings. The molecule has 0 amide bonds. The Hall–Kier alpha value is -4.53. The lowest BCUT2D eigenvalue weighted by atomic mass is 9.85. The summed E-state index contributed by atoms with van der Waals surface area (Å²) < 4.78 is 33.4. The Kier molecular flexibility index (Phi) is 5.97. The van der Waals surface area contributed by atoms with Gasteiger partial charge in [0.05, 0.1) is 40.4 Å². The molecule has 3 aromatic rings. The third-order valence-electron chi connectivity index (χ3n) is 6.19. The number of hydrogen-bond acceptors (Lipinski definition) is 9. The van der Waals surface area contributed by atoms with E-state index < -0.39 is 11.9 Å². The fourth-order valence-electron chi connectivity index (χ4n) is 4.53. The van der Waals surface area contributed by atoms with Crippen molar-refractivity contribution in [2.24, 2.45) is 0 Å². The van der Waals surface area contributed by atoms with Gasteiger partial charge < -0.3 is 28.4 Å². The minimum Gasteiger partial charge on any atom is -0.493 e. The second kappa shape index (κ2) is 9.26. The van der Waals surface area contributed by atoms with Crippen LogP contribution in [0.15, 0.2) is 48.4 Å². The summed E-state index contributed by atoms with van der Waals surface area (Å²) in [7, 11) is 5.87. The molecule has 0 N–H and O–H groups in total. The van der Waals surface area contributed by atoms with E-state index in [1.165, 1.54) is 28.4 Å². The molecule has 5 rings (SSSR count). The molecule has 0 aliphatic carbocycles. The Bertz CT molecular complexity index is 1410. The number of Topliss-reactive ketones (excluding diaryl/α,β-unsaturated/α-hetero) is 1. The van der Waals surface area contributed by atoms with Crippen molar-refractivity contribution in [3.63, 3.8) is 0 Å². The van der Waals surface area contributed by atoms with E-state index in [1.807, 2.05) is 6.07 Å². The van der Waals surface area contributed by atoms with Crippen molar-refractivity contribution in [2.45, 2.75) is 12.3 Å². The number of fused-ring (bicyclic) bond motifs is 4. The first-order chi connectivity index (χ1) is 17.5. The maximum atomic E-state index is 13.4. The van der Waals surface area contributed by atoms with Crippen LogP contribution in [0, 0.1) is 0 Å². The van der Waals surface area contributed by atoms with Crippen molar-refractivity contribution in [3.05, 3.63) is 70.6 Å². The smallest absolute Gasteiger partial charge is 0.306 e. The molecule has 0 bridgehead atoms. The van der Waals surface area contributed by atoms with Gasteiger partial charge in [0.25, 0.3) is 0 Å². The van der Waals surface area contributed by atoms with E-state index >= 15 is 0 Å². The maximum Gasteiger partial charge on any atom is 0.306 e. The van der Waals surface area contributed by atoms with Gasteiger partial charge in [-0.1, -0.05) is 6.07 Å². The number of esters is 1. The summed E-state index contributed by atoms with van der Waals surface area (Å²) in [6.45, 7) is 0. The van der Waals surface area contributed by atoms with E-state index in [-0.39, 0.29) is 18.0 Å². The van der Waals surface area contributed by atoms with Crippen LogP contribution in [-0.4, -0.2) is 45.2 Å². The molecular formula is C27H23NO8. The van der Waals surface area contributed by atoms with Gasteiger partial charge in [0.15, 0.2) is 17.3 Å². The molecule has 9 nitrogen and oxygen atoms in total. The lowest BCUT2D eigenvalue weighted by Crippen LogP contribution is -2.16. The SMILES string of the molecule is COC(=O)C[C@H]1c2cccnc2Oc2ccc3c(c21)O/C(=C\c1ccc(OC)c(OC)c1OC)C3=O. The van der Waals surface area contributed by atoms with E-state index in [2.05, 4.69) is 4.98 Å². The number of allylic oxidation sites excluding steroid dienone is 1. The predicted octanol–water partition coefficient (Wildman–Crippen LogP) is 4.52. The highest BCUT2D eigenvalue weighted by molar-refractivity contribution is 6.15. The highest BCUT2D eigenvalue weighted by Gasteiger charge is 2.39. The third-order valence-corrected chi connectivity index (χ3v) is 6.19. The summed E-state index contributed by atoms with van der Waals surface area (Å²) in [5.41, 5.74) is 2.23. The van der Waals surface area contributed by atoms with Crippen molar-refractivity contribution in [1.82, 2.24) is 4.98 Å². The molecule has 0 unspecified atom stereocenters. The number of hydrogen-bond donors (Lipinski definition) is 0. The number of carbonyl (C=O) groups excluding carboxylic acids is 2. The highest BCUT2D eigenvalue weighted by Crippen LogP contribution is 2.52. The molecule has 3 heterocycles. The second-order valence-corrected chi connectivity index (χ2v) is 8.05. The van der Waals surface area contributed by atoms with Crippen molar-refractivity contribution in [3.8, 4) is 34.6 Å². The summed E-state index contributed by atoms with van der Waals surface area (Å²) in [6, 6.07) is 10.4. The highest BCUT2D eigenvalue weighted by atomic mass is 16.5. The van der Waals surface area contributed by atoms with Gasteiger partial charge in [-0.2, -0.15) is 0 Å². The molecule has 0 spiro atoms. The fraction of sp³-hybridized carbons (Fsp3) is 0.222. The number of ketones is 1. The molecule has 1 aromatic heterocycles.